The van der Waals surface area contributed by atoms with Crippen LogP contribution in [0.3, 0.4) is 0 Å². The maximum absolute atomic E-state index is 11.5. The maximum atomic E-state index is 11.5. The Balaban J connectivity index is 2.16. The summed E-state index contributed by atoms with van der Waals surface area (Å²) in [4.78, 5) is 11.5. The smallest absolute Gasteiger partial charge is 0.237 e. The second kappa shape index (κ2) is 3.90. The number of carbonyl (C=O) groups excluding carboxylic acids is 1. The van der Waals surface area contributed by atoms with Crippen LogP contribution in [0.4, 0.5) is 0 Å². The van der Waals surface area contributed by atoms with Gasteiger partial charge in [-0.2, -0.15) is 5.10 Å². The monoisotopic (exact) mass is 222 g/mol. The van der Waals surface area contributed by atoms with Gasteiger partial charge in [0.05, 0.1) is 17.3 Å². The number of hydrogen-bond acceptors (Lipinski definition) is 3. The van der Waals surface area contributed by atoms with Crippen LogP contribution in [0.2, 0.25) is 0 Å². The van der Waals surface area contributed by atoms with E-state index in [9.17, 15) is 4.79 Å². The van der Waals surface area contributed by atoms with Gasteiger partial charge >= 0.3 is 0 Å². The first-order chi connectivity index (χ1) is 7.57. The molecule has 0 aromatic carbocycles. The third-order valence-electron chi connectivity index (χ3n) is 3.55. The van der Waals surface area contributed by atoms with E-state index in [2.05, 4.69) is 10.4 Å². The lowest BCUT2D eigenvalue weighted by Gasteiger charge is -2.24. The second-order valence-electron chi connectivity index (χ2n) is 4.53. The number of likely N-dealkylation sites (N-methyl/N-ethyl adjacent to an activating group) is 1. The van der Waals surface area contributed by atoms with E-state index in [1.165, 1.54) is 0 Å². The Morgan fingerprint density at radius 1 is 1.75 bits per heavy atom. The number of carbonyl (C=O) groups is 1. The molecular weight excluding hydrogens is 204 g/mol. The highest BCUT2D eigenvalue weighted by Gasteiger charge is 2.43. The Bertz CT molecular complexity index is 400. The summed E-state index contributed by atoms with van der Waals surface area (Å²) in [6.07, 6.45) is 4.40. The molecule has 1 heterocycles. The van der Waals surface area contributed by atoms with Crippen LogP contribution >= 0.6 is 0 Å². The number of nitrogens with zero attached hydrogens (tertiary/aromatic N) is 2. The van der Waals surface area contributed by atoms with Crippen molar-refractivity contribution in [1.29, 1.82) is 0 Å². The Hall–Kier alpha value is -1.36. The summed E-state index contributed by atoms with van der Waals surface area (Å²) in [6.45, 7) is 1.96. The van der Waals surface area contributed by atoms with Gasteiger partial charge in [0, 0.05) is 6.20 Å². The lowest BCUT2D eigenvalue weighted by Crippen LogP contribution is -2.52. The predicted molar refractivity (Wildman–Crippen MR) is 60.8 cm³/mol. The molecule has 1 aromatic heterocycles. The van der Waals surface area contributed by atoms with Crippen molar-refractivity contribution in [3.63, 3.8) is 0 Å². The zero-order chi connectivity index (χ0) is 11.8. The van der Waals surface area contributed by atoms with Gasteiger partial charge < -0.3 is 11.1 Å². The summed E-state index contributed by atoms with van der Waals surface area (Å²) in [7, 11) is 1.79. The topological polar surface area (TPSA) is 72.9 Å². The standard InChI is InChI=1S/C11H18N4O/c1-8-4-6-15(14-8)9-3-5-11(7-9,13-2)10(12)16/h4,6,9,13H,3,5,7H2,1-2H3,(H2,12,16). The van der Waals surface area contributed by atoms with E-state index in [1.54, 1.807) is 7.05 Å². The molecule has 0 spiro atoms. The van der Waals surface area contributed by atoms with Crippen LogP contribution in [0.25, 0.3) is 0 Å². The first kappa shape index (κ1) is 11.1. The summed E-state index contributed by atoms with van der Waals surface area (Å²) in [6, 6.07) is 2.25. The number of amides is 1. The normalized spacial score (nSPS) is 29.5. The van der Waals surface area contributed by atoms with Crippen LogP contribution in [0.15, 0.2) is 12.3 Å². The lowest BCUT2D eigenvalue weighted by atomic mass is 9.97. The predicted octanol–water partition coefficient (Wildman–Crippen LogP) is 0.360. The summed E-state index contributed by atoms with van der Waals surface area (Å²) in [5, 5.41) is 7.46. The molecule has 1 fully saturated rings. The van der Waals surface area contributed by atoms with Crippen LogP contribution in [0.1, 0.15) is 31.0 Å². The molecule has 3 N–H and O–H groups in total. The molecule has 16 heavy (non-hydrogen) atoms. The third-order valence-corrected chi connectivity index (χ3v) is 3.55. The minimum absolute atomic E-state index is 0.263. The molecule has 2 rings (SSSR count). The highest BCUT2D eigenvalue weighted by Crippen LogP contribution is 2.37. The van der Waals surface area contributed by atoms with Crippen LogP contribution in [-0.2, 0) is 4.79 Å². The molecule has 2 atom stereocenters. The molecule has 1 amide bonds. The molecule has 1 aliphatic rings. The molecule has 0 saturated heterocycles. The highest BCUT2D eigenvalue weighted by molar-refractivity contribution is 5.85. The molecule has 0 radical (unpaired) electrons. The molecule has 5 nitrogen and oxygen atoms in total. The maximum Gasteiger partial charge on any atom is 0.237 e. The highest BCUT2D eigenvalue weighted by atomic mass is 16.1. The number of nitrogens with two attached hydrogens (primary N) is 1. The van der Waals surface area contributed by atoms with E-state index in [4.69, 9.17) is 5.73 Å². The zero-order valence-corrected chi connectivity index (χ0v) is 9.73. The van der Waals surface area contributed by atoms with E-state index >= 15 is 0 Å². The molecule has 1 aliphatic carbocycles. The SMILES string of the molecule is CNC1(C(N)=O)CCC(n2ccc(C)n2)C1. The Morgan fingerprint density at radius 2 is 2.50 bits per heavy atom. The summed E-state index contributed by atoms with van der Waals surface area (Å²) < 4.78 is 1.94. The van der Waals surface area contributed by atoms with Crippen LogP contribution in [0, 0.1) is 6.92 Å². The van der Waals surface area contributed by atoms with Crippen LogP contribution in [0.5, 0.6) is 0 Å². The number of aromatic nitrogens is 2. The molecule has 88 valence electrons. The summed E-state index contributed by atoms with van der Waals surface area (Å²) in [5.74, 6) is -0.263. The minimum Gasteiger partial charge on any atom is -0.368 e. The van der Waals surface area contributed by atoms with Gasteiger partial charge in [-0.3, -0.25) is 9.48 Å². The fourth-order valence-electron chi connectivity index (χ4n) is 2.46. The average molecular weight is 222 g/mol. The first-order valence-corrected chi connectivity index (χ1v) is 5.58. The molecule has 1 aromatic rings. The molecule has 5 heteroatoms. The molecular formula is C11H18N4O. The first-order valence-electron chi connectivity index (χ1n) is 5.58. The Labute approximate surface area is 95.0 Å². The van der Waals surface area contributed by atoms with Crippen molar-refractivity contribution in [2.75, 3.05) is 7.05 Å². The molecule has 0 bridgehead atoms. The van der Waals surface area contributed by atoms with Gasteiger partial charge in [0.25, 0.3) is 0 Å². The number of aryl methyl sites for hydroxylation is 1. The lowest BCUT2D eigenvalue weighted by molar-refractivity contribution is -0.124. The van der Waals surface area contributed by atoms with Crippen molar-refractivity contribution in [2.45, 2.75) is 37.8 Å². The average Bonchev–Trinajstić information content (AvgIpc) is 2.84. The van der Waals surface area contributed by atoms with Crippen molar-refractivity contribution in [2.24, 2.45) is 5.73 Å². The van der Waals surface area contributed by atoms with Gasteiger partial charge in [-0.15, -0.1) is 0 Å². The Morgan fingerprint density at radius 3 is 2.94 bits per heavy atom. The number of primary amides is 1. The van der Waals surface area contributed by atoms with Crippen LogP contribution in [-0.4, -0.2) is 28.3 Å². The number of nitrogens with one attached hydrogen (secondary N) is 1. The van der Waals surface area contributed by atoms with Gasteiger partial charge in [-0.25, -0.2) is 0 Å². The van der Waals surface area contributed by atoms with Gasteiger partial charge in [-0.1, -0.05) is 0 Å². The van der Waals surface area contributed by atoms with Crippen molar-refractivity contribution in [3.8, 4) is 0 Å². The van der Waals surface area contributed by atoms with E-state index in [1.807, 2.05) is 23.9 Å². The Kier molecular flexibility index (Phi) is 2.71. The number of rotatable bonds is 3. The van der Waals surface area contributed by atoms with Gasteiger partial charge in [-0.05, 0) is 39.3 Å². The van der Waals surface area contributed by atoms with E-state index in [-0.39, 0.29) is 11.9 Å². The minimum atomic E-state index is -0.551. The molecule has 0 aliphatic heterocycles. The van der Waals surface area contributed by atoms with Gasteiger partial charge in [0.1, 0.15) is 0 Å². The van der Waals surface area contributed by atoms with Gasteiger partial charge in [0.2, 0.25) is 5.91 Å². The van der Waals surface area contributed by atoms with Crippen molar-refractivity contribution in [1.82, 2.24) is 15.1 Å². The van der Waals surface area contributed by atoms with E-state index in [0.29, 0.717) is 0 Å². The van der Waals surface area contributed by atoms with Gasteiger partial charge in [0.15, 0.2) is 0 Å². The summed E-state index contributed by atoms with van der Waals surface area (Å²) >= 11 is 0. The van der Waals surface area contributed by atoms with E-state index < -0.39 is 5.54 Å². The van der Waals surface area contributed by atoms with Crippen molar-refractivity contribution < 1.29 is 4.79 Å². The fourth-order valence-corrected chi connectivity index (χ4v) is 2.46. The largest absolute Gasteiger partial charge is 0.368 e. The van der Waals surface area contributed by atoms with Crippen LogP contribution < -0.4 is 11.1 Å². The van der Waals surface area contributed by atoms with Crippen molar-refractivity contribution in [3.05, 3.63) is 18.0 Å². The third kappa shape index (κ3) is 1.71. The van der Waals surface area contributed by atoms with Crippen molar-refractivity contribution >= 4 is 5.91 Å². The number of hydrogen-bond donors (Lipinski definition) is 2. The second-order valence-corrected chi connectivity index (χ2v) is 4.53. The summed E-state index contributed by atoms with van der Waals surface area (Å²) in [5.41, 5.74) is 5.91. The fraction of sp³-hybridized carbons (Fsp3) is 0.636. The quantitative estimate of drug-likeness (QED) is 0.775. The molecule has 2 unspecified atom stereocenters. The van der Waals surface area contributed by atoms with E-state index in [0.717, 1.165) is 25.0 Å². The molecule has 1 saturated carbocycles. The zero-order valence-electron chi connectivity index (χ0n) is 9.73.